The van der Waals surface area contributed by atoms with Crippen molar-refractivity contribution in [2.45, 2.75) is 44.3 Å². The number of carbonyl (C=O) groups excluding carboxylic acids is 2. The summed E-state index contributed by atoms with van der Waals surface area (Å²) in [6.07, 6.45) is 3.08. The molecule has 2 fully saturated rings. The topological polar surface area (TPSA) is 61.4 Å². The maximum absolute atomic E-state index is 13.9. The van der Waals surface area contributed by atoms with E-state index in [-0.39, 0.29) is 36.4 Å². The fourth-order valence-corrected chi connectivity index (χ4v) is 3.08. The second-order valence-corrected chi connectivity index (χ2v) is 6.39. The molecule has 7 heteroatoms. The van der Waals surface area contributed by atoms with Crippen LogP contribution in [0.5, 0.6) is 0 Å². The molecule has 0 unspecified atom stereocenters. The number of piperazine rings is 1. The van der Waals surface area contributed by atoms with Gasteiger partial charge in [0.15, 0.2) is 11.6 Å². The Labute approximate surface area is 139 Å². The number of amides is 2. The highest BCUT2D eigenvalue weighted by Gasteiger charge is 2.33. The molecule has 1 saturated carbocycles. The molecule has 0 bridgehead atoms. The lowest BCUT2D eigenvalue weighted by atomic mass is 9.93. The lowest BCUT2D eigenvalue weighted by Gasteiger charge is -2.35. The van der Waals surface area contributed by atoms with Gasteiger partial charge >= 0.3 is 0 Å². The number of hydrogen-bond acceptors (Lipinski definition) is 3. The molecule has 0 aromatic heterocycles. The van der Waals surface area contributed by atoms with Crippen molar-refractivity contribution < 1.29 is 18.4 Å². The highest BCUT2D eigenvalue weighted by atomic mass is 19.2. The average Bonchev–Trinajstić information content (AvgIpc) is 2.51. The summed E-state index contributed by atoms with van der Waals surface area (Å²) in [6, 6.07) is 3.54. The molecule has 1 aliphatic heterocycles. The molecule has 2 N–H and O–H groups in total. The first-order valence-electron chi connectivity index (χ1n) is 8.28. The van der Waals surface area contributed by atoms with Gasteiger partial charge in [0.25, 0.3) is 0 Å². The van der Waals surface area contributed by atoms with Crippen molar-refractivity contribution >= 4 is 11.8 Å². The van der Waals surface area contributed by atoms with Gasteiger partial charge in [-0.15, -0.1) is 0 Å². The van der Waals surface area contributed by atoms with E-state index in [1.165, 1.54) is 12.1 Å². The zero-order chi connectivity index (χ0) is 17.1. The first-order chi connectivity index (χ1) is 11.5. The smallest absolute Gasteiger partial charge is 0.237 e. The van der Waals surface area contributed by atoms with Crippen molar-refractivity contribution in [2.75, 3.05) is 13.1 Å². The quantitative estimate of drug-likeness (QED) is 0.852. The van der Waals surface area contributed by atoms with E-state index < -0.39 is 17.7 Å². The second-order valence-electron chi connectivity index (χ2n) is 6.39. The predicted molar refractivity (Wildman–Crippen MR) is 84.0 cm³/mol. The van der Waals surface area contributed by atoms with Crippen molar-refractivity contribution in [3.8, 4) is 0 Å². The van der Waals surface area contributed by atoms with E-state index in [2.05, 4.69) is 10.6 Å². The van der Waals surface area contributed by atoms with Crippen LogP contribution in [0.4, 0.5) is 8.78 Å². The number of hydrogen-bond donors (Lipinski definition) is 2. The fraction of sp³-hybridized carbons (Fsp3) is 0.529. The van der Waals surface area contributed by atoms with Gasteiger partial charge < -0.3 is 10.6 Å². The lowest BCUT2D eigenvalue weighted by Crippen LogP contribution is -2.56. The summed E-state index contributed by atoms with van der Waals surface area (Å²) < 4.78 is 27.3. The van der Waals surface area contributed by atoms with Crippen LogP contribution in [0.3, 0.4) is 0 Å². The number of halogens is 2. The Bertz CT molecular complexity index is 634. The zero-order valence-electron chi connectivity index (χ0n) is 13.4. The normalized spacial score (nSPS) is 21.9. The minimum Gasteiger partial charge on any atom is -0.353 e. The standard InChI is InChI=1S/C17H21F2N3O2/c18-13-6-1-3-11(16(13)19)10-22-8-7-20-17(24)14(22)9-15(23)21-12-4-2-5-12/h1,3,6,12,14H,2,4-5,7-10H2,(H,20,24)(H,21,23)/t14-/m0/s1. The largest absolute Gasteiger partial charge is 0.353 e. The molecule has 3 rings (SSSR count). The van der Waals surface area contributed by atoms with Gasteiger partial charge in [-0.25, -0.2) is 8.78 Å². The van der Waals surface area contributed by atoms with E-state index in [9.17, 15) is 18.4 Å². The number of benzene rings is 1. The Kier molecular flexibility index (Phi) is 5.08. The van der Waals surface area contributed by atoms with Gasteiger partial charge in [-0.3, -0.25) is 14.5 Å². The average molecular weight is 337 g/mol. The third-order valence-corrected chi connectivity index (χ3v) is 4.70. The molecule has 1 saturated heterocycles. The monoisotopic (exact) mass is 337 g/mol. The summed E-state index contributed by atoms with van der Waals surface area (Å²) >= 11 is 0. The third-order valence-electron chi connectivity index (χ3n) is 4.70. The molecule has 130 valence electrons. The van der Waals surface area contributed by atoms with Crippen LogP contribution >= 0.6 is 0 Å². The Morgan fingerprint density at radius 1 is 1.33 bits per heavy atom. The molecule has 1 aromatic rings. The number of carbonyl (C=O) groups is 2. The molecule has 5 nitrogen and oxygen atoms in total. The van der Waals surface area contributed by atoms with Gasteiger partial charge in [0, 0.05) is 31.2 Å². The number of nitrogens with one attached hydrogen (secondary N) is 2. The van der Waals surface area contributed by atoms with Crippen LogP contribution in [0.1, 0.15) is 31.2 Å². The van der Waals surface area contributed by atoms with Crippen molar-refractivity contribution in [1.29, 1.82) is 0 Å². The molecule has 0 spiro atoms. The molecule has 1 atom stereocenters. The van der Waals surface area contributed by atoms with Crippen molar-refractivity contribution in [1.82, 2.24) is 15.5 Å². The number of rotatable bonds is 5. The molecule has 1 aliphatic carbocycles. The van der Waals surface area contributed by atoms with Gasteiger partial charge in [-0.1, -0.05) is 12.1 Å². The molecule has 2 aliphatic rings. The van der Waals surface area contributed by atoms with Crippen molar-refractivity contribution in [3.05, 3.63) is 35.4 Å². The molecule has 0 radical (unpaired) electrons. The highest BCUT2D eigenvalue weighted by molar-refractivity contribution is 5.88. The van der Waals surface area contributed by atoms with Crippen molar-refractivity contribution in [3.63, 3.8) is 0 Å². The minimum atomic E-state index is -0.909. The van der Waals surface area contributed by atoms with Crippen LogP contribution in [0.25, 0.3) is 0 Å². The summed E-state index contributed by atoms with van der Waals surface area (Å²) in [4.78, 5) is 26.0. The second kappa shape index (κ2) is 7.25. The highest BCUT2D eigenvalue weighted by Crippen LogP contribution is 2.20. The van der Waals surface area contributed by atoms with E-state index in [1.807, 2.05) is 0 Å². The Hall–Kier alpha value is -2.02. The molecule has 2 amide bonds. The van der Waals surface area contributed by atoms with Crippen LogP contribution in [-0.4, -0.2) is 41.9 Å². The number of nitrogens with zero attached hydrogens (tertiary/aromatic N) is 1. The lowest BCUT2D eigenvalue weighted by molar-refractivity contribution is -0.134. The van der Waals surface area contributed by atoms with E-state index in [0.717, 1.165) is 25.3 Å². The molecular formula is C17H21F2N3O2. The Morgan fingerprint density at radius 3 is 2.83 bits per heavy atom. The van der Waals surface area contributed by atoms with Gasteiger partial charge in [0.1, 0.15) is 0 Å². The molecule has 1 heterocycles. The third kappa shape index (κ3) is 3.72. The summed E-state index contributed by atoms with van der Waals surface area (Å²) in [6.45, 7) is 1.01. The van der Waals surface area contributed by atoms with Gasteiger partial charge in [-0.2, -0.15) is 0 Å². The maximum Gasteiger partial charge on any atom is 0.237 e. The van der Waals surface area contributed by atoms with E-state index >= 15 is 0 Å². The summed E-state index contributed by atoms with van der Waals surface area (Å²) in [5.74, 6) is -2.23. The first-order valence-corrected chi connectivity index (χ1v) is 8.28. The SMILES string of the molecule is O=C(C[C@H]1C(=O)NCCN1Cc1cccc(F)c1F)NC1CCC1. The predicted octanol–water partition coefficient (Wildman–Crippen LogP) is 1.32. The van der Waals surface area contributed by atoms with Crippen LogP contribution in [0.2, 0.25) is 0 Å². The first kappa shape index (κ1) is 16.8. The van der Waals surface area contributed by atoms with E-state index in [1.54, 1.807) is 4.90 Å². The van der Waals surface area contributed by atoms with Gasteiger partial charge in [0.05, 0.1) is 12.5 Å². The Morgan fingerprint density at radius 2 is 2.12 bits per heavy atom. The van der Waals surface area contributed by atoms with Crippen molar-refractivity contribution in [2.24, 2.45) is 0 Å². The summed E-state index contributed by atoms with van der Waals surface area (Å²) in [5.41, 5.74) is 0.189. The molecular weight excluding hydrogens is 316 g/mol. The van der Waals surface area contributed by atoms with Crippen LogP contribution in [0, 0.1) is 11.6 Å². The molecule has 1 aromatic carbocycles. The fourth-order valence-electron chi connectivity index (χ4n) is 3.08. The van der Waals surface area contributed by atoms with E-state index in [0.29, 0.717) is 13.1 Å². The molecule has 24 heavy (non-hydrogen) atoms. The van der Waals surface area contributed by atoms with Crippen LogP contribution in [-0.2, 0) is 16.1 Å². The van der Waals surface area contributed by atoms with Gasteiger partial charge in [-0.05, 0) is 25.3 Å². The summed E-state index contributed by atoms with van der Waals surface area (Å²) in [5, 5.41) is 5.64. The van der Waals surface area contributed by atoms with Crippen LogP contribution < -0.4 is 10.6 Å². The minimum absolute atomic E-state index is 0.0271. The van der Waals surface area contributed by atoms with Crippen LogP contribution in [0.15, 0.2) is 18.2 Å². The summed E-state index contributed by atoms with van der Waals surface area (Å²) in [7, 11) is 0. The Balaban J connectivity index is 1.68. The zero-order valence-corrected chi connectivity index (χ0v) is 13.4. The maximum atomic E-state index is 13.9. The van der Waals surface area contributed by atoms with E-state index in [4.69, 9.17) is 0 Å². The van der Waals surface area contributed by atoms with Gasteiger partial charge in [0.2, 0.25) is 11.8 Å².